The lowest BCUT2D eigenvalue weighted by Crippen LogP contribution is -2.30. The average molecular weight is 240 g/mol. The van der Waals surface area contributed by atoms with Gasteiger partial charge in [0.05, 0.1) is 12.5 Å². The van der Waals surface area contributed by atoms with Gasteiger partial charge in [-0.25, -0.2) is 0 Å². The molecule has 2 rings (SSSR count). The van der Waals surface area contributed by atoms with E-state index in [0.717, 1.165) is 5.56 Å². The molecule has 1 aromatic carbocycles. The first-order valence-electron chi connectivity index (χ1n) is 5.36. The summed E-state index contributed by atoms with van der Waals surface area (Å²) in [6.07, 6.45) is 0.621. The molecule has 4 heteroatoms. The maximum Gasteiger partial charge on any atom is 0.227 e. The molecular formula is C12H14ClNO2. The molecule has 1 heterocycles. The SMILES string of the molecule is O=C(Cc1ccccc1Cl)N1CC[C@@H](O)C1. The van der Waals surface area contributed by atoms with Crippen LogP contribution in [0.2, 0.25) is 5.02 Å². The first kappa shape index (κ1) is 11.4. The van der Waals surface area contributed by atoms with E-state index in [1.54, 1.807) is 11.0 Å². The maximum atomic E-state index is 11.9. The van der Waals surface area contributed by atoms with Gasteiger partial charge in [0.1, 0.15) is 0 Å². The molecule has 1 aliphatic heterocycles. The first-order chi connectivity index (χ1) is 7.66. The van der Waals surface area contributed by atoms with Crippen LogP contribution in [0.3, 0.4) is 0 Å². The van der Waals surface area contributed by atoms with Crippen molar-refractivity contribution in [3.05, 3.63) is 34.9 Å². The number of carbonyl (C=O) groups is 1. The van der Waals surface area contributed by atoms with Crippen LogP contribution < -0.4 is 0 Å². The maximum absolute atomic E-state index is 11.9. The van der Waals surface area contributed by atoms with Crippen LogP contribution in [-0.4, -0.2) is 35.1 Å². The molecule has 0 radical (unpaired) electrons. The molecule has 0 aliphatic carbocycles. The van der Waals surface area contributed by atoms with E-state index in [0.29, 0.717) is 31.0 Å². The van der Waals surface area contributed by atoms with E-state index >= 15 is 0 Å². The Kier molecular flexibility index (Phi) is 3.46. The zero-order valence-electron chi connectivity index (χ0n) is 8.90. The Morgan fingerprint density at radius 3 is 2.88 bits per heavy atom. The summed E-state index contributed by atoms with van der Waals surface area (Å²) in [5.41, 5.74) is 0.843. The van der Waals surface area contributed by atoms with Crippen LogP contribution in [0.5, 0.6) is 0 Å². The monoisotopic (exact) mass is 239 g/mol. The third kappa shape index (κ3) is 2.54. The predicted molar refractivity (Wildman–Crippen MR) is 62.4 cm³/mol. The fourth-order valence-electron chi connectivity index (χ4n) is 1.88. The highest BCUT2D eigenvalue weighted by Crippen LogP contribution is 2.17. The first-order valence-corrected chi connectivity index (χ1v) is 5.74. The van der Waals surface area contributed by atoms with Crippen LogP contribution in [0, 0.1) is 0 Å². The Hall–Kier alpha value is -1.06. The summed E-state index contributed by atoms with van der Waals surface area (Å²) in [4.78, 5) is 13.6. The van der Waals surface area contributed by atoms with Crippen molar-refractivity contribution in [3.8, 4) is 0 Å². The minimum atomic E-state index is -0.366. The van der Waals surface area contributed by atoms with Gasteiger partial charge in [-0.3, -0.25) is 4.79 Å². The van der Waals surface area contributed by atoms with E-state index in [4.69, 9.17) is 11.6 Å². The van der Waals surface area contributed by atoms with Crippen LogP contribution >= 0.6 is 11.6 Å². The third-order valence-electron chi connectivity index (χ3n) is 2.82. The van der Waals surface area contributed by atoms with Crippen LogP contribution in [0.15, 0.2) is 24.3 Å². The molecule has 3 nitrogen and oxygen atoms in total. The normalized spacial score (nSPS) is 20.1. The number of likely N-dealkylation sites (tertiary alicyclic amines) is 1. The lowest BCUT2D eigenvalue weighted by molar-refractivity contribution is -0.129. The van der Waals surface area contributed by atoms with Gasteiger partial charge in [-0.2, -0.15) is 0 Å². The Labute approximate surface area is 99.6 Å². The topological polar surface area (TPSA) is 40.5 Å². The molecule has 1 saturated heterocycles. The van der Waals surface area contributed by atoms with Gasteiger partial charge in [0.25, 0.3) is 0 Å². The highest BCUT2D eigenvalue weighted by Gasteiger charge is 2.24. The molecule has 0 saturated carbocycles. The Morgan fingerprint density at radius 1 is 1.50 bits per heavy atom. The molecule has 0 unspecified atom stereocenters. The number of aliphatic hydroxyl groups is 1. The number of hydrogen-bond acceptors (Lipinski definition) is 2. The van der Waals surface area contributed by atoms with Crippen molar-refractivity contribution < 1.29 is 9.90 Å². The van der Waals surface area contributed by atoms with Crippen molar-refractivity contribution in [2.75, 3.05) is 13.1 Å². The van der Waals surface area contributed by atoms with Gasteiger partial charge in [-0.1, -0.05) is 29.8 Å². The zero-order valence-corrected chi connectivity index (χ0v) is 9.65. The van der Waals surface area contributed by atoms with Crippen molar-refractivity contribution in [2.24, 2.45) is 0 Å². The zero-order chi connectivity index (χ0) is 11.5. The molecule has 0 aromatic heterocycles. The van der Waals surface area contributed by atoms with Crippen LogP contribution in [0.4, 0.5) is 0 Å². The number of nitrogens with zero attached hydrogens (tertiary/aromatic N) is 1. The van der Waals surface area contributed by atoms with Gasteiger partial charge in [-0.05, 0) is 18.1 Å². The van der Waals surface area contributed by atoms with E-state index in [1.165, 1.54) is 0 Å². The summed E-state index contributed by atoms with van der Waals surface area (Å²) in [5, 5.41) is 9.97. The number of halogens is 1. The summed E-state index contributed by atoms with van der Waals surface area (Å²) in [6, 6.07) is 7.35. The van der Waals surface area contributed by atoms with Crippen molar-refractivity contribution in [1.29, 1.82) is 0 Å². The minimum absolute atomic E-state index is 0.0321. The van der Waals surface area contributed by atoms with Crippen LogP contribution in [0.1, 0.15) is 12.0 Å². The molecule has 86 valence electrons. The number of benzene rings is 1. The van der Waals surface area contributed by atoms with Crippen molar-refractivity contribution in [3.63, 3.8) is 0 Å². The predicted octanol–water partition coefficient (Wildman–Crippen LogP) is 1.48. The van der Waals surface area contributed by atoms with E-state index < -0.39 is 0 Å². The molecule has 16 heavy (non-hydrogen) atoms. The molecule has 1 aromatic rings. The number of carbonyl (C=O) groups excluding carboxylic acids is 1. The summed E-state index contributed by atoms with van der Waals surface area (Å²) in [7, 11) is 0. The highest BCUT2D eigenvalue weighted by atomic mass is 35.5. The van der Waals surface area contributed by atoms with Crippen LogP contribution in [0.25, 0.3) is 0 Å². The average Bonchev–Trinajstić information content (AvgIpc) is 2.68. The molecule has 1 N–H and O–H groups in total. The smallest absolute Gasteiger partial charge is 0.227 e. The molecule has 1 atom stereocenters. The van der Waals surface area contributed by atoms with E-state index in [1.807, 2.05) is 18.2 Å². The lowest BCUT2D eigenvalue weighted by Gasteiger charge is -2.15. The van der Waals surface area contributed by atoms with Crippen molar-refractivity contribution in [2.45, 2.75) is 18.9 Å². The number of amides is 1. The second kappa shape index (κ2) is 4.85. The third-order valence-corrected chi connectivity index (χ3v) is 3.18. The molecule has 1 aliphatic rings. The van der Waals surface area contributed by atoms with E-state index in [2.05, 4.69) is 0 Å². The molecule has 1 amide bonds. The van der Waals surface area contributed by atoms with E-state index in [9.17, 15) is 9.90 Å². The second-order valence-corrected chi connectivity index (χ2v) is 4.46. The number of rotatable bonds is 2. The molecule has 0 spiro atoms. The van der Waals surface area contributed by atoms with Gasteiger partial charge in [0.2, 0.25) is 5.91 Å². The number of β-amino-alcohol motifs (C(OH)–C–C–N with tert-alkyl or cyclic N) is 1. The fraction of sp³-hybridized carbons (Fsp3) is 0.417. The minimum Gasteiger partial charge on any atom is -0.391 e. The largest absolute Gasteiger partial charge is 0.391 e. The van der Waals surface area contributed by atoms with Gasteiger partial charge in [-0.15, -0.1) is 0 Å². The van der Waals surface area contributed by atoms with Gasteiger partial charge in [0, 0.05) is 18.1 Å². The standard InChI is InChI=1S/C12H14ClNO2/c13-11-4-2-1-3-9(11)7-12(16)14-6-5-10(15)8-14/h1-4,10,15H,5-8H2/t10-/m1/s1. The summed E-state index contributed by atoms with van der Waals surface area (Å²) < 4.78 is 0. The molecule has 1 fully saturated rings. The number of hydrogen-bond donors (Lipinski definition) is 1. The highest BCUT2D eigenvalue weighted by molar-refractivity contribution is 6.31. The van der Waals surface area contributed by atoms with Gasteiger partial charge < -0.3 is 10.0 Å². The van der Waals surface area contributed by atoms with E-state index in [-0.39, 0.29) is 12.0 Å². The lowest BCUT2D eigenvalue weighted by atomic mass is 10.1. The van der Waals surface area contributed by atoms with Crippen molar-refractivity contribution in [1.82, 2.24) is 4.90 Å². The summed E-state index contributed by atoms with van der Waals surface area (Å²) in [5.74, 6) is 0.0321. The Balaban J connectivity index is 2.00. The number of aliphatic hydroxyl groups excluding tert-OH is 1. The van der Waals surface area contributed by atoms with Crippen molar-refractivity contribution >= 4 is 17.5 Å². The quantitative estimate of drug-likeness (QED) is 0.849. The Bertz CT molecular complexity index is 394. The summed E-state index contributed by atoms with van der Waals surface area (Å²) in [6.45, 7) is 1.09. The van der Waals surface area contributed by atoms with Crippen LogP contribution in [-0.2, 0) is 11.2 Å². The fourth-order valence-corrected chi connectivity index (χ4v) is 2.09. The Morgan fingerprint density at radius 2 is 2.25 bits per heavy atom. The van der Waals surface area contributed by atoms with Gasteiger partial charge >= 0.3 is 0 Å². The second-order valence-electron chi connectivity index (χ2n) is 4.05. The molecular weight excluding hydrogens is 226 g/mol. The van der Waals surface area contributed by atoms with Gasteiger partial charge in [0.15, 0.2) is 0 Å². The molecule has 0 bridgehead atoms. The summed E-state index contributed by atoms with van der Waals surface area (Å²) >= 11 is 5.98.